The lowest BCUT2D eigenvalue weighted by molar-refractivity contribution is -0.156. The van der Waals surface area contributed by atoms with Crippen molar-refractivity contribution in [2.24, 2.45) is 0 Å². The molecule has 3 N–H and O–H groups in total. The maximum Gasteiger partial charge on any atom is 0.321 e. The Hall–Kier alpha value is -3.88. The molecule has 9 nitrogen and oxygen atoms in total. The first-order valence-corrected chi connectivity index (χ1v) is 9.14. The summed E-state index contributed by atoms with van der Waals surface area (Å²) in [6.07, 6.45) is -1.47. The van der Waals surface area contributed by atoms with E-state index in [9.17, 15) is 19.2 Å². The van der Waals surface area contributed by atoms with Gasteiger partial charge in [-0.2, -0.15) is 0 Å². The van der Waals surface area contributed by atoms with Crippen LogP contribution in [0.5, 0.6) is 5.75 Å². The number of hydrogen-bond acceptors (Lipinski definition) is 6. The average molecular weight is 413 g/mol. The van der Waals surface area contributed by atoms with E-state index >= 15 is 0 Å². The third kappa shape index (κ3) is 6.33. The fraction of sp³-hybridized carbons (Fsp3) is 0.238. The maximum absolute atomic E-state index is 12.4. The normalized spacial score (nSPS) is 11.0. The lowest BCUT2D eigenvalue weighted by atomic mass is 10.1. The molecular weight excluding hydrogens is 390 g/mol. The lowest BCUT2D eigenvalue weighted by Crippen LogP contribution is -2.41. The highest BCUT2D eigenvalue weighted by Crippen LogP contribution is 2.19. The molecule has 2 aromatic rings. The molecule has 30 heavy (non-hydrogen) atoms. The SMILES string of the molecule is CNC(=O)NC(=O)[C@@H](OC(=O)CCNC(=O)c1ccccc1OC)c1ccccc1. The third-order valence-corrected chi connectivity index (χ3v) is 4.02. The van der Waals surface area contributed by atoms with Crippen LogP contribution in [0.25, 0.3) is 0 Å². The number of amides is 4. The fourth-order valence-electron chi connectivity index (χ4n) is 2.54. The maximum atomic E-state index is 12.4. The van der Waals surface area contributed by atoms with Crippen molar-refractivity contribution >= 4 is 23.8 Å². The molecule has 158 valence electrons. The Morgan fingerprint density at radius 1 is 0.967 bits per heavy atom. The molecule has 4 amide bonds. The van der Waals surface area contributed by atoms with Crippen molar-refractivity contribution in [3.8, 4) is 5.75 Å². The average Bonchev–Trinajstić information content (AvgIpc) is 2.77. The molecule has 0 aliphatic heterocycles. The molecule has 0 bridgehead atoms. The number of carbonyl (C=O) groups is 4. The number of ether oxygens (including phenoxy) is 2. The topological polar surface area (TPSA) is 123 Å². The van der Waals surface area contributed by atoms with Gasteiger partial charge in [0.05, 0.1) is 19.1 Å². The molecule has 0 aromatic heterocycles. The zero-order chi connectivity index (χ0) is 21.9. The van der Waals surface area contributed by atoms with Gasteiger partial charge in [-0.05, 0) is 12.1 Å². The molecule has 0 unspecified atom stereocenters. The van der Waals surface area contributed by atoms with E-state index in [0.717, 1.165) is 0 Å². The van der Waals surface area contributed by atoms with Crippen molar-refractivity contribution in [2.75, 3.05) is 20.7 Å². The van der Waals surface area contributed by atoms with Gasteiger partial charge in [0.1, 0.15) is 5.75 Å². The van der Waals surface area contributed by atoms with Gasteiger partial charge < -0.3 is 20.1 Å². The number of methoxy groups -OCH3 is 1. The van der Waals surface area contributed by atoms with E-state index in [2.05, 4.69) is 16.0 Å². The van der Waals surface area contributed by atoms with E-state index in [0.29, 0.717) is 16.9 Å². The molecule has 1 atom stereocenters. The summed E-state index contributed by atoms with van der Waals surface area (Å²) in [6, 6.07) is 14.3. The molecular formula is C21H23N3O6. The first kappa shape index (κ1) is 22.4. The molecule has 0 saturated heterocycles. The molecule has 0 aliphatic carbocycles. The number of benzene rings is 2. The summed E-state index contributed by atoms with van der Waals surface area (Å²) >= 11 is 0. The molecule has 0 aliphatic rings. The third-order valence-electron chi connectivity index (χ3n) is 4.02. The van der Waals surface area contributed by atoms with E-state index < -0.39 is 29.9 Å². The van der Waals surface area contributed by atoms with Gasteiger partial charge in [-0.1, -0.05) is 42.5 Å². The van der Waals surface area contributed by atoms with Crippen LogP contribution < -0.4 is 20.7 Å². The molecule has 2 aromatic carbocycles. The molecule has 0 spiro atoms. The van der Waals surface area contributed by atoms with Crippen LogP contribution in [0.1, 0.15) is 28.4 Å². The zero-order valence-electron chi connectivity index (χ0n) is 16.6. The summed E-state index contributed by atoms with van der Waals surface area (Å²) in [6.45, 7) is -0.00566. The van der Waals surface area contributed by atoms with E-state index in [-0.39, 0.29) is 13.0 Å². The van der Waals surface area contributed by atoms with Crippen LogP contribution >= 0.6 is 0 Å². The van der Waals surface area contributed by atoms with Crippen LogP contribution in [-0.4, -0.2) is 44.5 Å². The Bertz CT molecular complexity index is 901. The molecule has 0 saturated carbocycles. The summed E-state index contributed by atoms with van der Waals surface area (Å²) in [4.78, 5) is 48.3. The summed E-state index contributed by atoms with van der Waals surface area (Å²) in [5.74, 6) is -1.49. The molecule has 0 radical (unpaired) electrons. The fourth-order valence-corrected chi connectivity index (χ4v) is 2.54. The molecule has 0 heterocycles. The van der Waals surface area contributed by atoms with Crippen LogP contribution in [0.3, 0.4) is 0 Å². The highest BCUT2D eigenvalue weighted by Gasteiger charge is 2.26. The van der Waals surface area contributed by atoms with E-state index in [1.807, 2.05) is 0 Å². The van der Waals surface area contributed by atoms with Gasteiger partial charge in [0.25, 0.3) is 11.8 Å². The van der Waals surface area contributed by atoms with E-state index in [1.54, 1.807) is 54.6 Å². The number of nitrogens with one attached hydrogen (secondary N) is 3. The van der Waals surface area contributed by atoms with Crippen molar-refractivity contribution < 1.29 is 28.7 Å². The second kappa shape index (κ2) is 11.2. The van der Waals surface area contributed by atoms with Gasteiger partial charge in [0.2, 0.25) is 6.10 Å². The largest absolute Gasteiger partial charge is 0.496 e. The van der Waals surface area contributed by atoms with Crippen LogP contribution in [0.15, 0.2) is 54.6 Å². The van der Waals surface area contributed by atoms with Gasteiger partial charge in [-0.3, -0.25) is 19.7 Å². The van der Waals surface area contributed by atoms with Crippen molar-refractivity contribution in [1.29, 1.82) is 0 Å². The van der Waals surface area contributed by atoms with Gasteiger partial charge in [-0.15, -0.1) is 0 Å². The minimum atomic E-state index is -1.30. The van der Waals surface area contributed by atoms with Crippen LogP contribution in [0, 0.1) is 0 Å². The van der Waals surface area contributed by atoms with Crippen LogP contribution in [-0.2, 0) is 14.3 Å². The predicted molar refractivity (Wildman–Crippen MR) is 108 cm³/mol. The number of rotatable bonds is 8. The second-order valence-corrected chi connectivity index (χ2v) is 6.06. The van der Waals surface area contributed by atoms with Crippen LogP contribution in [0.4, 0.5) is 4.79 Å². The smallest absolute Gasteiger partial charge is 0.321 e. The van der Waals surface area contributed by atoms with Crippen molar-refractivity contribution in [3.05, 3.63) is 65.7 Å². The first-order chi connectivity index (χ1) is 14.5. The molecule has 2 rings (SSSR count). The van der Waals surface area contributed by atoms with Crippen molar-refractivity contribution in [2.45, 2.75) is 12.5 Å². The summed E-state index contributed by atoms with van der Waals surface area (Å²) in [5.41, 5.74) is 0.741. The number of hydrogen-bond donors (Lipinski definition) is 3. The van der Waals surface area contributed by atoms with Crippen molar-refractivity contribution in [3.63, 3.8) is 0 Å². The summed E-state index contributed by atoms with van der Waals surface area (Å²) < 4.78 is 10.4. The van der Waals surface area contributed by atoms with Gasteiger partial charge in [0.15, 0.2) is 0 Å². The van der Waals surface area contributed by atoms with Gasteiger partial charge in [-0.25, -0.2) is 4.79 Å². The van der Waals surface area contributed by atoms with Crippen LogP contribution in [0.2, 0.25) is 0 Å². The van der Waals surface area contributed by atoms with Crippen molar-refractivity contribution in [1.82, 2.24) is 16.0 Å². The first-order valence-electron chi connectivity index (χ1n) is 9.14. The number of carbonyl (C=O) groups excluding carboxylic acids is 4. The Labute approximate surface area is 173 Å². The Morgan fingerprint density at radius 2 is 1.63 bits per heavy atom. The van der Waals surface area contributed by atoms with E-state index in [1.165, 1.54) is 14.2 Å². The van der Waals surface area contributed by atoms with Gasteiger partial charge >= 0.3 is 12.0 Å². The highest BCUT2D eigenvalue weighted by molar-refractivity contribution is 5.98. The lowest BCUT2D eigenvalue weighted by Gasteiger charge is -2.17. The zero-order valence-corrected chi connectivity index (χ0v) is 16.6. The monoisotopic (exact) mass is 413 g/mol. The number of imide groups is 1. The standard InChI is InChI=1S/C21H23N3O6/c1-22-21(28)24-20(27)18(14-8-4-3-5-9-14)30-17(25)12-13-23-19(26)15-10-6-7-11-16(15)29-2/h3-11,18H,12-13H2,1-2H3,(H,23,26)(H2,22,24,27,28)/t18-/m0/s1. The van der Waals surface area contributed by atoms with E-state index in [4.69, 9.17) is 9.47 Å². The minimum absolute atomic E-state index is 0.00566. The number of para-hydroxylation sites is 1. The molecule has 9 heteroatoms. The highest BCUT2D eigenvalue weighted by atomic mass is 16.5. The number of esters is 1. The second-order valence-electron chi connectivity index (χ2n) is 6.06. The summed E-state index contributed by atoms with van der Waals surface area (Å²) in [7, 11) is 2.81. The summed E-state index contributed by atoms with van der Waals surface area (Å²) in [5, 5.41) is 6.95. The Balaban J connectivity index is 1.96. The quantitative estimate of drug-likeness (QED) is 0.565. The Kier molecular flexibility index (Phi) is 8.37. The molecule has 0 fully saturated rings. The Morgan fingerprint density at radius 3 is 2.30 bits per heavy atom. The minimum Gasteiger partial charge on any atom is -0.496 e. The van der Waals surface area contributed by atoms with Gasteiger partial charge in [0, 0.05) is 19.2 Å². The number of urea groups is 1. The predicted octanol–water partition coefficient (Wildman–Crippen LogP) is 1.56.